The molecule has 1 atom stereocenters. The number of aryl methyl sites for hydroxylation is 1. The van der Waals surface area contributed by atoms with Crippen molar-refractivity contribution in [3.63, 3.8) is 0 Å². The number of aromatic nitrogens is 1. The number of rotatable bonds is 13. The first-order chi connectivity index (χ1) is 16.5. The smallest absolute Gasteiger partial charge is 0.242 e. The van der Waals surface area contributed by atoms with Gasteiger partial charge in [0.15, 0.2) is 0 Å². The second-order valence-electron chi connectivity index (χ2n) is 7.69. The Morgan fingerprint density at radius 1 is 1.12 bits per heavy atom. The fourth-order valence-corrected chi connectivity index (χ4v) is 5.09. The summed E-state index contributed by atoms with van der Waals surface area (Å²) in [6.07, 6.45) is 13.0. The third-order valence-corrected chi connectivity index (χ3v) is 7.26. The molecule has 0 radical (unpaired) electrons. The van der Waals surface area contributed by atoms with E-state index >= 15 is 0 Å². The van der Waals surface area contributed by atoms with Crippen LogP contribution in [0, 0.1) is 60.7 Å². The van der Waals surface area contributed by atoms with Crippen LogP contribution >= 0.6 is 11.3 Å². The standard InChI is InChI=1S/C27H30N2O3S2.6H2/c1-4-6-8-10-12-14-16-24(17-15-13-11-9-7-5-2)21-32-22-28-34(30,31)25-18-19-26-27(20-25)33-23(3)29-26;;;;;;/h1,18-20,24,28H,5,7,9,11,13,15,17,21-22H2,2-3H3;6*1H. The molecule has 0 aliphatic carbocycles. The van der Waals surface area contributed by atoms with E-state index in [2.05, 4.69) is 58.1 Å². The van der Waals surface area contributed by atoms with Crippen LogP contribution in [0.15, 0.2) is 23.1 Å². The van der Waals surface area contributed by atoms with Gasteiger partial charge in [0.2, 0.25) is 10.0 Å². The molecule has 0 aliphatic heterocycles. The molecule has 0 bridgehead atoms. The Kier molecular flexibility index (Phi) is 12.3. The van der Waals surface area contributed by atoms with Crippen molar-refractivity contribution in [3.05, 3.63) is 23.2 Å². The van der Waals surface area contributed by atoms with Crippen molar-refractivity contribution in [1.82, 2.24) is 9.71 Å². The molecule has 2 rings (SSSR count). The SMILES string of the molecule is C#CC#CC#CC#CC(CCCCCCCC)COCNS(=O)(=O)c1ccc2nc(C)sc2c1.[HH].[HH].[HH].[HH].[HH].[HH]. The minimum Gasteiger partial charge on any atom is -0.364 e. The first-order valence-corrected chi connectivity index (χ1v) is 13.7. The number of thiazole rings is 1. The average Bonchev–Trinajstić information content (AvgIpc) is 3.19. The number of nitrogens with one attached hydrogen (secondary N) is 1. The van der Waals surface area contributed by atoms with Crippen molar-refractivity contribution in [1.29, 1.82) is 0 Å². The van der Waals surface area contributed by atoms with Gasteiger partial charge in [0.05, 0.1) is 26.7 Å². The summed E-state index contributed by atoms with van der Waals surface area (Å²) < 4.78 is 34.3. The predicted octanol–water partition coefficient (Wildman–Crippen LogP) is 6.34. The number of benzene rings is 1. The molecule has 34 heavy (non-hydrogen) atoms. The lowest BCUT2D eigenvalue weighted by molar-refractivity contribution is 0.109. The summed E-state index contributed by atoms with van der Waals surface area (Å²) in [5.41, 5.74) is 0.794. The van der Waals surface area contributed by atoms with Crippen molar-refractivity contribution >= 4 is 31.6 Å². The first kappa shape index (κ1) is 27.5. The molecule has 0 amide bonds. The van der Waals surface area contributed by atoms with E-state index in [1.165, 1.54) is 37.0 Å². The van der Waals surface area contributed by atoms with Crippen molar-refractivity contribution in [3.8, 4) is 47.9 Å². The molecule has 1 unspecified atom stereocenters. The Morgan fingerprint density at radius 3 is 2.65 bits per heavy atom. The monoisotopic (exact) mass is 506 g/mol. The van der Waals surface area contributed by atoms with Gasteiger partial charge in [-0.3, -0.25) is 0 Å². The van der Waals surface area contributed by atoms with Crippen LogP contribution in [0.4, 0.5) is 0 Å². The Hall–Kier alpha value is -2.78. The summed E-state index contributed by atoms with van der Waals surface area (Å²) in [6.45, 7) is 4.28. The molecule has 0 spiro atoms. The maximum Gasteiger partial charge on any atom is 0.242 e. The molecule has 0 aliphatic rings. The van der Waals surface area contributed by atoms with Crippen LogP contribution in [0.2, 0.25) is 0 Å². The van der Waals surface area contributed by atoms with Crippen LogP contribution in [0.25, 0.3) is 10.2 Å². The molecule has 7 heteroatoms. The minimum atomic E-state index is -3.69. The Morgan fingerprint density at radius 2 is 1.85 bits per heavy atom. The van der Waals surface area contributed by atoms with E-state index in [1.54, 1.807) is 18.2 Å². The normalized spacial score (nSPS) is 11.3. The molecule has 1 heterocycles. The maximum absolute atomic E-state index is 12.6. The third kappa shape index (κ3) is 10.0. The van der Waals surface area contributed by atoms with Gasteiger partial charge in [-0.05, 0) is 67.1 Å². The van der Waals surface area contributed by atoms with E-state index in [4.69, 9.17) is 11.2 Å². The highest BCUT2D eigenvalue weighted by Gasteiger charge is 2.15. The number of hydrogen-bond acceptors (Lipinski definition) is 5. The Balaban J connectivity index is -0.000000681. The van der Waals surface area contributed by atoms with Crippen LogP contribution in [0.3, 0.4) is 0 Å². The van der Waals surface area contributed by atoms with Crippen molar-refractivity contribution < 1.29 is 21.7 Å². The Bertz CT molecular complexity index is 1290. The molecular formula is C27H42N2O3S2. The van der Waals surface area contributed by atoms with E-state index in [1.807, 2.05) is 6.92 Å². The largest absolute Gasteiger partial charge is 0.364 e. The van der Waals surface area contributed by atoms with Gasteiger partial charge >= 0.3 is 0 Å². The van der Waals surface area contributed by atoms with E-state index in [-0.39, 0.29) is 26.1 Å². The second-order valence-corrected chi connectivity index (χ2v) is 10.7. The predicted molar refractivity (Wildman–Crippen MR) is 152 cm³/mol. The lowest BCUT2D eigenvalue weighted by Gasteiger charge is -2.12. The van der Waals surface area contributed by atoms with E-state index in [0.717, 1.165) is 34.5 Å². The van der Waals surface area contributed by atoms with Crippen LogP contribution in [0.1, 0.15) is 65.4 Å². The lowest BCUT2D eigenvalue weighted by Crippen LogP contribution is -2.27. The van der Waals surface area contributed by atoms with Crippen LogP contribution in [-0.2, 0) is 14.8 Å². The quantitative estimate of drug-likeness (QED) is 0.195. The topological polar surface area (TPSA) is 68.3 Å². The summed E-state index contributed by atoms with van der Waals surface area (Å²) in [7, 11) is -3.69. The highest BCUT2D eigenvalue weighted by molar-refractivity contribution is 7.89. The molecule has 190 valence electrons. The fourth-order valence-electron chi connectivity index (χ4n) is 3.23. The molecule has 5 nitrogen and oxygen atoms in total. The highest BCUT2D eigenvalue weighted by Crippen LogP contribution is 2.24. The second kappa shape index (κ2) is 15.2. The summed E-state index contributed by atoms with van der Waals surface area (Å²) in [6, 6.07) is 4.91. The summed E-state index contributed by atoms with van der Waals surface area (Å²) in [5.74, 6) is 18.2. The zero-order valence-corrected chi connectivity index (χ0v) is 21.4. The van der Waals surface area contributed by atoms with Crippen molar-refractivity contribution in [2.75, 3.05) is 13.3 Å². The third-order valence-electron chi connectivity index (χ3n) is 4.95. The maximum atomic E-state index is 12.6. The number of sulfonamides is 1. The molecule has 1 aromatic carbocycles. The molecule has 1 aromatic heterocycles. The van der Waals surface area contributed by atoms with Gasteiger partial charge < -0.3 is 4.74 Å². The fraction of sp³-hybridized carbons (Fsp3) is 0.444. The van der Waals surface area contributed by atoms with Crippen molar-refractivity contribution in [2.45, 2.75) is 63.7 Å². The van der Waals surface area contributed by atoms with Gasteiger partial charge in [-0.1, -0.05) is 51.4 Å². The summed E-state index contributed by atoms with van der Waals surface area (Å²) in [4.78, 5) is 4.56. The number of nitrogens with zero attached hydrogens (tertiary/aromatic N) is 1. The van der Waals surface area contributed by atoms with Gasteiger partial charge in [-0.2, -0.15) is 4.72 Å². The molecular weight excluding hydrogens is 464 g/mol. The molecule has 2 aromatic rings. The summed E-state index contributed by atoms with van der Waals surface area (Å²) >= 11 is 1.46. The summed E-state index contributed by atoms with van der Waals surface area (Å²) in [5, 5.41) is 0.895. The van der Waals surface area contributed by atoms with Crippen LogP contribution < -0.4 is 4.72 Å². The lowest BCUT2D eigenvalue weighted by atomic mass is 10.0. The van der Waals surface area contributed by atoms with Gasteiger partial charge in [0, 0.05) is 14.5 Å². The molecule has 1 N–H and O–H groups in total. The molecule has 0 fully saturated rings. The van der Waals surface area contributed by atoms with Crippen LogP contribution in [0.5, 0.6) is 0 Å². The van der Waals surface area contributed by atoms with E-state index in [0.29, 0.717) is 6.61 Å². The average molecular weight is 507 g/mol. The zero-order valence-electron chi connectivity index (χ0n) is 19.7. The van der Waals surface area contributed by atoms with E-state index in [9.17, 15) is 8.42 Å². The number of unbranched alkanes of at least 4 members (excludes halogenated alkanes) is 5. The Labute approximate surface area is 217 Å². The number of fused-ring (bicyclic) bond motifs is 1. The van der Waals surface area contributed by atoms with Crippen LogP contribution in [-0.4, -0.2) is 26.7 Å². The van der Waals surface area contributed by atoms with Gasteiger partial charge in [-0.15, -0.1) is 17.8 Å². The number of terminal acetylenes is 1. The highest BCUT2D eigenvalue weighted by atomic mass is 32.2. The van der Waals surface area contributed by atoms with E-state index < -0.39 is 10.0 Å². The van der Waals surface area contributed by atoms with Gasteiger partial charge in [0.25, 0.3) is 0 Å². The van der Waals surface area contributed by atoms with Gasteiger partial charge in [0.1, 0.15) is 6.73 Å². The molecule has 0 saturated heterocycles. The van der Waals surface area contributed by atoms with Gasteiger partial charge in [-0.25, -0.2) is 13.4 Å². The zero-order chi connectivity index (χ0) is 24.7. The van der Waals surface area contributed by atoms with Crippen molar-refractivity contribution in [2.24, 2.45) is 5.92 Å². The molecule has 0 saturated carbocycles. The number of ether oxygens (including phenoxy) is 1. The number of hydrogen-bond donors (Lipinski definition) is 1. The first-order valence-electron chi connectivity index (χ1n) is 11.4. The minimum absolute atomic E-state index is 0.